The molecule has 1 rings (SSSR count). The average molecular weight is 269 g/mol. The minimum atomic E-state index is -0.160. The maximum atomic E-state index is 11.9. The van der Waals surface area contributed by atoms with E-state index in [1.54, 1.807) is 0 Å². The van der Waals surface area contributed by atoms with Gasteiger partial charge in [0.25, 0.3) is 0 Å². The van der Waals surface area contributed by atoms with Gasteiger partial charge in [0.15, 0.2) is 0 Å². The van der Waals surface area contributed by atoms with Crippen LogP contribution in [-0.2, 0) is 4.79 Å². The Hall–Kier alpha value is -1.26. The first-order valence-electron chi connectivity index (χ1n) is 7.16. The first-order valence-corrected chi connectivity index (χ1v) is 7.16. The molecule has 0 aliphatic carbocycles. The Morgan fingerprint density at radius 2 is 2.05 bits per heavy atom. The third-order valence-electron chi connectivity index (χ3n) is 3.51. The van der Waals surface area contributed by atoms with E-state index in [1.165, 1.54) is 0 Å². The minimum Gasteiger partial charge on any atom is -0.341 e. The van der Waals surface area contributed by atoms with Crippen molar-refractivity contribution in [3.63, 3.8) is 0 Å². The van der Waals surface area contributed by atoms with E-state index in [0.717, 1.165) is 19.4 Å². The molecule has 5 heteroatoms. The van der Waals surface area contributed by atoms with E-state index in [-0.39, 0.29) is 23.4 Å². The highest BCUT2D eigenvalue weighted by molar-refractivity contribution is 5.77. The highest BCUT2D eigenvalue weighted by atomic mass is 16.2. The van der Waals surface area contributed by atoms with Crippen LogP contribution in [0.15, 0.2) is 0 Å². The van der Waals surface area contributed by atoms with Crippen molar-refractivity contribution in [2.75, 3.05) is 19.6 Å². The summed E-state index contributed by atoms with van der Waals surface area (Å²) in [6.45, 7) is 10.1. The van der Waals surface area contributed by atoms with Crippen LogP contribution in [0.25, 0.3) is 0 Å². The molecule has 1 atom stereocenters. The topological polar surface area (TPSA) is 61.4 Å². The molecular formula is C14H27N3O2. The molecule has 0 bridgehead atoms. The largest absolute Gasteiger partial charge is 0.341 e. The lowest BCUT2D eigenvalue weighted by Gasteiger charge is -2.37. The second-order valence-electron chi connectivity index (χ2n) is 6.22. The Bertz CT molecular complexity index is 323. The lowest BCUT2D eigenvalue weighted by atomic mass is 9.86. The summed E-state index contributed by atoms with van der Waals surface area (Å²) < 4.78 is 0. The van der Waals surface area contributed by atoms with Gasteiger partial charge in [-0.2, -0.15) is 0 Å². The number of amides is 3. The number of likely N-dealkylation sites (tertiary alicyclic amines) is 1. The third kappa shape index (κ3) is 5.09. The highest BCUT2D eigenvalue weighted by Crippen LogP contribution is 2.22. The van der Waals surface area contributed by atoms with E-state index in [0.29, 0.717) is 19.5 Å². The molecule has 0 aromatic carbocycles. The van der Waals surface area contributed by atoms with Crippen molar-refractivity contribution in [2.24, 2.45) is 5.41 Å². The van der Waals surface area contributed by atoms with Gasteiger partial charge in [-0.05, 0) is 25.2 Å². The van der Waals surface area contributed by atoms with E-state index >= 15 is 0 Å². The van der Waals surface area contributed by atoms with Gasteiger partial charge >= 0.3 is 6.03 Å². The Kier molecular flexibility index (Phi) is 5.63. The molecule has 0 spiro atoms. The number of carbonyl (C=O) groups is 2. The first-order chi connectivity index (χ1) is 8.84. The van der Waals surface area contributed by atoms with Gasteiger partial charge in [0.05, 0.1) is 6.04 Å². The van der Waals surface area contributed by atoms with Crippen LogP contribution in [0.5, 0.6) is 0 Å². The molecule has 0 saturated carbocycles. The Balaban J connectivity index is 2.64. The maximum Gasteiger partial charge on any atom is 0.315 e. The lowest BCUT2D eigenvalue weighted by Crippen LogP contribution is -2.54. The molecular weight excluding hydrogens is 242 g/mol. The predicted octanol–water partition coefficient (Wildman–Crippen LogP) is 1.73. The summed E-state index contributed by atoms with van der Waals surface area (Å²) in [5.74, 6) is 0.207. The molecule has 0 aromatic rings. The maximum absolute atomic E-state index is 11.9. The first kappa shape index (κ1) is 15.8. The zero-order valence-corrected chi connectivity index (χ0v) is 12.6. The molecule has 110 valence electrons. The molecule has 1 aliphatic rings. The van der Waals surface area contributed by atoms with Gasteiger partial charge in [-0.1, -0.05) is 20.8 Å². The Labute approximate surface area is 116 Å². The van der Waals surface area contributed by atoms with Crippen molar-refractivity contribution >= 4 is 11.9 Å². The highest BCUT2D eigenvalue weighted by Gasteiger charge is 2.30. The molecule has 0 radical (unpaired) electrons. The fourth-order valence-electron chi connectivity index (χ4n) is 2.18. The zero-order chi connectivity index (χ0) is 14.5. The molecule has 1 aliphatic heterocycles. The average Bonchev–Trinajstić information content (AvgIpc) is 2.30. The number of urea groups is 1. The number of piperidine rings is 1. The fraction of sp³-hybridized carbons (Fsp3) is 0.857. The predicted molar refractivity (Wildman–Crippen MR) is 75.9 cm³/mol. The van der Waals surface area contributed by atoms with E-state index in [9.17, 15) is 9.59 Å². The summed E-state index contributed by atoms with van der Waals surface area (Å²) >= 11 is 0. The lowest BCUT2D eigenvalue weighted by molar-refractivity contribution is -0.133. The molecule has 1 fully saturated rings. The van der Waals surface area contributed by atoms with Gasteiger partial charge in [-0.25, -0.2) is 4.79 Å². The SMILES string of the molecule is CCNC(=O)NC(CN1CCCCC1=O)C(C)(C)C. The number of hydrogen-bond acceptors (Lipinski definition) is 2. The van der Waals surface area contributed by atoms with Crippen LogP contribution in [-0.4, -0.2) is 42.5 Å². The fourth-order valence-corrected chi connectivity index (χ4v) is 2.18. The van der Waals surface area contributed by atoms with Crippen molar-refractivity contribution in [2.45, 2.75) is 53.0 Å². The second-order valence-corrected chi connectivity index (χ2v) is 6.22. The number of hydrogen-bond donors (Lipinski definition) is 2. The smallest absolute Gasteiger partial charge is 0.315 e. The molecule has 2 N–H and O–H groups in total. The summed E-state index contributed by atoms with van der Waals surface area (Å²) in [5, 5.41) is 5.72. The Morgan fingerprint density at radius 3 is 2.58 bits per heavy atom. The van der Waals surface area contributed by atoms with E-state index in [1.807, 2.05) is 11.8 Å². The van der Waals surface area contributed by atoms with Crippen LogP contribution in [0.1, 0.15) is 47.0 Å². The van der Waals surface area contributed by atoms with Crippen LogP contribution in [0.2, 0.25) is 0 Å². The Morgan fingerprint density at radius 1 is 1.37 bits per heavy atom. The summed E-state index contributed by atoms with van der Waals surface area (Å²) in [4.78, 5) is 25.4. The number of nitrogens with zero attached hydrogens (tertiary/aromatic N) is 1. The zero-order valence-electron chi connectivity index (χ0n) is 12.6. The van der Waals surface area contributed by atoms with Gasteiger partial charge in [-0.3, -0.25) is 4.79 Å². The van der Waals surface area contributed by atoms with Crippen LogP contribution in [0.3, 0.4) is 0 Å². The van der Waals surface area contributed by atoms with Crippen LogP contribution < -0.4 is 10.6 Å². The summed E-state index contributed by atoms with van der Waals surface area (Å²) in [6, 6.07) is -0.201. The monoisotopic (exact) mass is 269 g/mol. The van der Waals surface area contributed by atoms with Gasteiger partial charge in [-0.15, -0.1) is 0 Å². The molecule has 0 aromatic heterocycles. The van der Waals surface area contributed by atoms with E-state index in [2.05, 4.69) is 31.4 Å². The van der Waals surface area contributed by atoms with Gasteiger partial charge in [0.1, 0.15) is 0 Å². The molecule has 3 amide bonds. The molecule has 1 unspecified atom stereocenters. The quantitative estimate of drug-likeness (QED) is 0.816. The standard InChI is InChI=1S/C14H27N3O2/c1-5-15-13(19)16-11(14(2,3)4)10-17-9-7-6-8-12(17)18/h11H,5-10H2,1-4H3,(H2,15,16,19). The van der Waals surface area contributed by atoms with Crippen molar-refractivity contribution in [3.05, 3.63) is 0 Å². The summed E-state index contributed by atoms with van der Waals surface area (Å²) in [5.41, 5.74) is -0.0805. The third-order valence-corrected chi connectivity index (χ3v) is 3.51. The normalized spacial score (nSPS) is 18.1. The minimum absolute atomic E-state index is 0.0406. The molecule has 1 saturated heterocycles. The summed E-state index contributed by atoms with van der Waals surface area (Å²) in [6.07, 6.45) is 2.68. The summed E-state index contributed by atoms with van der Waals surface area (Å²) in [7, 11) is 0. The van der Waals surface area contributed by atoms with Crippen LogP contribution in [0.4, 0.5) is 4.79 Å². The number of carbonyl (C=O) groups excluding carboxylic acids is 2. The van der Waals surface area contributed by atoms with Crippen molar-refractivity contribution in [1.82, 2.24) is 15.5 Å². The van der Waals surface area contributed by atoms with Gasteiger partial charge < -0.3 is 15.5 Å². The second kappa shape index (κ2) is 6.78. The van der Waals surface area contributed by atoms with Gasteiger partial charge in [0.2, 0.25) is 5.91 Å². The van der Waals surface area contributed by atoms with Crippen LogP contribution in [0, 0.1) is 5.41 Å². The van der Waals surface area contributed by atoms with Crippen molar-refractivity contribution in [1.29, 1.82) is 0 Å². The van der Waals surface area contributed by atoms with Gasteiger partial charge in [0, 0.05) is 26.1 Å². The van der Waals surface area contributed by atoms with Crippen molar-refractivity contribution in [3.8, 4) is 0 Å². The van der Waals surface area contributed by atoms with Crippen LogP contribution >= 0.6 is 0 Å². The molecule has 19 heavy (non-hydrogen) atoms. The van der Waals surface area contributed by atoms with E-state index in [4.69, 9.17) is 0 Å². The number of nitrogens with one attached hydrogen (secondary N) is 2. The van der Waals surface area contributed by atoms with E-state index < -0.39 is 0 Å². The number of rotatable bonds is 4. The van der Waals surface area contributed by atoms with Crippen molar-refractivity contribution < 1.29 is 9.59 Å². The molecule has 5 nitrogen and oxygen atoms in total. The molecule has 1 heterocycles.